The lowest BCUT2D eigenvalue weighted by Gasteiger charge is -2.35. The fraction of sp³-hybridized carbons (Fsp3) is 0.571. The highest BCUT2D eigenvalue weighted by Crippen LogP contribution is 2.22. The van der Waals surface area contributed by atoms with Crippen LogP contribution in [-0.4, -0.2) is 54.7 Å². The van der Waals surface area contributed by atoms with Crippen LogP contribution in [0.25, 0.3) is 5.78 Å². The van der Waals surface area contributed by atoms with Gasteiger partial charge in [-0.1, -0.05) is 0 Å². The zero-order chi connectivity index (χ0) is 14.8. The Kier molecular flexibility index (Phi) is 3.83. The van der Waals surface area contributed by atoms with Gasteiger partial charge in [0.05, 0.1) is 11.3 Å². The number of rotatable bonds is 3. The van der Waals surface area contributed by atoms with E-state index in [4.69, 9.17) is 0 Å². The maximum Gasteiger partial charge on any atom is 0.257 e. The van der Waals surface area contributed by atoms with Crippen LogP contribution in [0.4, 0.5) is 0 Å². The van der Waals surface area contributed by atoms with Crippen LogP contribution in [-0.2, 0) is 0 Å². The maximum absolute atomic E-state index is 12.8. The van der Waals surface area contributed by atoms with E-state index in [0.29, 0.717) is 17.8 Å². The normalized spacial score (nSPS) is 19.1. The van der Waals surface area contributed by atoms with E-state index in [-0.39, 0.29) is 18.6 Å². The fourth-order valence-corrected chi connectivity index (χ4v) is 2.97. The lowest BCUT2D eigenvalue weighted by atomic mass is 9.98. The zero-order valence-corrected chi connectivity index (χ0v) is 12.1. The lowest BCUT2D eigenvalue weighted by Crippen LogP contribution is -2.44. The quantitative estimate of drug-likeness (QED) is 0.904. The van der Waals surface area contributed by atoms with Crippen LogP contribution in [0.15, 0.2) is 12.5 Å². The van der Waals surface area contributed by atoms with Gasteiger partial charge in [0.2, 0.25) is 0 Å². The Balaban J connectivity index is 1.93. The summed E-state index contributed by atoms with van der Waals surface area (Å²) in [5.74, 6) is 0.463. The third-order valence-corrected chi connectivity index (χ3v) is 4.13. The molecule has 1 fully saturated rings. The van der Waals surface area contributed by atoms with Crippen molar-refractivity contribution in [1.29, 1.82) is 0 Å². The summed E-state index contributed by atoms with van der Waals surface area (Å²) in [4.78, 5) is 22.9. The predicted molar refractivity (Wildman–Crippen MR) is 75.9 cm³/mol. The molecule has 0 radical (unpaired) electrons. The molecule has 7 nitrogen and oxygen atoms in total. The van der Waals surface area contributed by atoms with Gasteiger partial charge in [-0.3, -0.25) is 4.79 Å². The maximum atomic E-state index is 12.8. The number of aliphatic hydroxyl groups is 1. The van der Waals surface area contributed by atoms with E-state index >= 15 is 0 Å². The number of hydrogen-bond donors (Lipinski definition) is 1. The Morgan fingerprint density at radius 1 is 1.43 bits per heavy atom. The monoisotopic (exact) mass is 289 g/mol. The highest BCUT2D eigenvalue weighted by Gasteiger charge is 2.28. The van der Waals surface area contributed by atoms with Crippen LogP contribution < -0.4 is 0 Å². The van der Waals surface area contributed by atoms with Crippen molar-refractivity contribution < 1.29 is 9.90 Å². The SMILES string of the molecule is Cc1c(C(=O)N2CCCCC2CCO)cnc2ncnn12. The van der Waals surface area contributed by atoms with Crippen molar-refractivity contribution in [3.8, 4) is 0 Å². The molecule has 1 amide bonds. The summed E-state index contributed by atoms with van der Waals surface area (Å²) < 4.78 is 1.58. The topological polar surface area (TPSA) is 83.6 Å². The Morgan fingerprint density at radius 2 is 2.29 bits per heavy atom. The number of nitrogens with zero attached hydrogens (tertiary/aromatic N) is 5. The number of aliphatic hydroxyl groups excluding tert-OH is 1. The lowest BCUT2D eigenvalue weighted by molar-refractivity contribution is 0.0572. The minimum atomic E-state index is -0.0319. The van der Waals surface area contributed by atoms with Crippen molar-refractivity contribution in [3.05, 3.63) is 23.8 Å². The number of carbonyl (C=O) groups excluding carboxylic acids is 1. The van der Waals surface area contributed by atoms with E-state index in [2.05, 4.69) is 15.1 Å². The summed E-state index contributed by atoms with van der Waals surface area (Å²) in [6, 6.07) is 0.113. The number of amides is 1. The average Bonchev–Trinajstić information content (AvgIpc) is 2.97. The first-order valence-corrected chi connectivity index (χ1v) is 7.29. The highest BCUT2D eigenvalue weighted by atomic mass is 16.3. The Hall–Kier alpha value is -2.02. The zero-order valence-electron chi connectivity index (χ0n) is 12.1. The fourth-order valence-electron chi connectivity index (χ4n) is 2.97. The molecule has 2 aromatic heterocycles. The molecule has 3 heterocycles. The largest absolute Gasteiger partial charge is 0.396 e. The van der Waals surface area contributed by atoms with Crippen molar-refractivity contribution in [2.45, 2.75) is 38.6 Å². The van der Waals surface area contributed by atoms with E-state index in [0.717, 1.165) is 31.5 Å². The molecule has 0 bridgehead atoms. The summed E-state index contributed by atoms with van der Waals surface area (Å²) >= 11 is 0. The third kappa shape index (κ3) is 2.49. The minimum absolute atomic E-state index is 0.0319. The summed E-state index contributed by atoms with van der Waals surface area (Å²) in [7, 11) is 0. The van der Waals surface area contributed by atoms with E-state index in [1.54, 1.807) is 10.7 Å². The van der Waals surface area contributed by atoms with Gasteiger partial charge in [-0.05, 0) is 32.6 Å². The van der Waals surface area contributed by atoms with Crippen molar-refractivity contribution in [2.75, 3.05) is 13.2 Å². The summed E-state index contributed by atoms with van der Waals surface area (Å²) in [6.07, 6.45) is 6.69. The summed E-state index contributed by atoms with van der Waals surface area (Å²) in [5, 5.41) is 13.3. The Morgan fingerprint density at radius 3 is 3.10 bits per heavy atom. The van der Waals surface area contributed by atoms with Crippen LogP contribution >= 0.6 is 0 Å². The molecule has 0 spiro atoms. The molecule has 0 aromatic carbocycles. The van der Waals surface area contributed by atoms with Gasteiger partial charge in [0.25, 0.3) is 11.7 Å². The standard InChI is InChI=1S/C14H19N5O2/c1-10-12(8-15-14-16-9-17-19(10)14)13(21)18-6-3-2-4-11(18)5-7-20/h8-9,11,20H,2-7H2,1H3. The summed E-state index contributed by atoms with van der Waals surface area (Å²) in [5.41, 5.74) is 1.30. The van der Waals surface area contributed by atoms with Crippen molar-refractivity contribution in [1.82, 2.24) is 24.5 Å². The number of likely N-dealkylation sites (tertiary alicyclic amines) is 1. The van der Waals surface area contributed by atoms with Crippen molar-refractivity contribution in [3.63, 3.8) is 0 Å². The van der Waals surface area contributed by atoms with Gasteiger partial charge in [0.15, 0.2) is 0 Å². The molecule has 1 atom stereocenters. The average molecular weight is 289 g/mol. The van der Waals surface area contributed by atoms with E-state index in [1.165, 1.54) is 6.33 Å². The Labute approximate surface area is 122 Å². The predicted octanol–water partition coefficient (Wildman–Crippen LogP) is 0.810. The van der Waals surface area contributed by atoms with Gasteiger partial charge in [0.1, 0.15) is 6.33 Å². The molecular weight excluding hydrogens is 270 g/mol. The molecule has 1 aliphatic heterocycles. The number of aromatic nitrogens is 4. The number of piperidine rings is 1. The molecule has 3 rings (SSSR count). The molecule has 0 saturated carbocycles. The summed E-state index contributed by atoms with van der Waals surface area (Å²) in [6.45, 7) is 2.69. The molecule has 1 unspecified atom stereocenters. The Bertz CT molecular complexity index is 652. The number of hydrogen-bond acceptors (Lipinski definition) is 5. The molecule has 1 N–H and O–H groups in total. The first-order valence-electron chi connectivity index (χ1n) is 7.29. The van der Waals surface area contributed by atoms with Crippen molar-refractivity contribution in [2.24, 2.45) is 0 Å². The second-order valence-electron chi connectivity index (χ2n) is 5.39. The molecule has 2 aromatic rings. The van der Waals surface area contributed by atoms with Gasteiger partial charge >= 0.3 is 0 Å². The second kappa shape index (κ2) is 5.77. The first kappa shape index (κ1) is 13.9. The molecule has 21 heavy (non-hydrogen) atoms. The third-order valence-electron chi connectivity index (χ3n) is 4.13. The van der Waals surface area contributed by atoms with Crippen molar-refractivity contribution >= 4 is 11.7 Å². The molecular formula is C14H19N5O2. The number of aryl methyl sites for hydroxylation is 1. The highest BCUT2D eigenvalue weighted by molar-refractivity contribution is 5.95. The molecule has 1 aliphatic rings. The van der Waals surface area contributed by atoms with Crippen LogP contribution in [0, 0.1) is 6.92 Å². The van der Waals surface area contributed by atoms with E-state index < -0.39 is 0 Å². The molecule has 7 heteroatoms. The number of carbonyl (C=O) groups is 1. The second-order valence-corrected chi connectivity index (χ2v) is 5.39. The van der Waals surface area contributed by atoms with Crippen LogP contribution in [0.5, 0.6) is 0 Å². The number of fused-ring (bicyclic) bond motifs is 1. The van der Waals surface area contributed by atoms with Crippen LogP contribution in [0.1, 0.15) is 41.7 Å². The molecule has 0 aliphatic carbocycles. The van der Waals surface area contributed by atoms with Gasteiger partial charge < -0.3 is 10.0 Å². The first-order chi connectivity index (χ1) is 10.2. The smallest absolute Gasteiger partial charge is 0.257 e. The van der Waals surface area contributed by atoms with Crippen LogP contribution in [0.3, 0.4) is 0 Å². The van der Waals surface area contributed by atoms with Crippen LogP contribution in [0.2, 0.25) is 0 Å². The van der Waals surface area contributed by atoms with Gasteiger partial charge in [0, 0.05) is 25.4 Å². The van der Waals surface area contributed by atoms with Gasteiger partial charge in [-0.2, -0.15) is 10.1 Å². The van der Waals surface area contributed by atoms with Gasteiger partial charge in [-0.25, -0.2) is 9.50 Å². The molecule has 112 valence electrons. The van der Waals surface area contributed by atoms with E-state index in [9.17, 15) is 9.90 Å². The van der Waals surface area contributed by atoms with Gasteiger partial charge in [-0.15, -0.1) is 0 Å². The molecule has 1 saturated heterocycles. The van der Waals surface area contributed by atoms with E-state index in [1.807, 2.05) is 11.8 Å². The minimum Gasteiger partial charge on any atom is -0.396 e.